The fourth-order valence-corrected chi connectivity index (χ4v) is 5.05. The summed E-state index contributed by atoms with van der Waals surface area (Å²) >= 11 is 0. The van der Waals surface area contributed by atoms with Gasteiger partial charge >= 0.3 is 6.03 Å². The molecular formula is C27H40N10O2. The fourth-order valence-electron chi connectivity index (χ4n) is 5.05. The average Bonchev–Trinajstić information content (AvgIpc) is 3.63. The van der Waals surface area contributed by atoms with Gasteiger partial charge in [0.05, 0.1) is 11.7 Å². The maximum atomic E-state index is 12.6. The van der Waals surface area contributed by atoms with E-state index in [0.29, 0.717) is 57.7 Å². The van der Waals surface area contributed by atoms with Crippen molar-refractivity contribution in [2.24, 2.45) is 0 Å². The standard InChI is InChI=1S/C27H40N10O2/c1-4-39-15-7-8-28-27(38)36-13-11-35(12-14-36)25-17-24(34-9-5-6-10-34)32-26(33-25)31-23-16-22-21(18-29-23)19-30-37(22)20(2)3/h16-20H,4-15H2,1-3H3,(H,28,38)(H,29,31,32,33). The number of pyridine rings is 1. The van der Waals surface area contributed by atoms with E-state index in [1.54, 1.807) is 0 Å². The van der Waals surface area contributed by atoms with Crippen LogP contribution in [0.4, 0.5) is 28.2 Å². The van der Waals surface area contributed by atoms with Gasteiger partial charge in [0.15, 0.2) is 0 Å². The molecule has 39 heavy (non-hydrogen) atoms. The molecule has 5 heterocycles. The van der Waals surface area contributed by atoms with Crippen LogP contribution in [0.5, 0.6) is 0 Å². The second-order valence-electron chi connectivity index (χ2n) is 10.3. The first kappa shape index (κ1) is 26.9. The Morgan fingerprint density at radius 2 is 1.72 bits per heavy atom. The van der Waals surface area contributed by atoms with Crippen LogP contribution in [0.15, 0.2) is 24.5 Å². The minimum atomic E-state index is -0.0175. The Morgan fingerprint density at radius 3 is 2.41 bits per heavy atom. The normalized spacial score (nSPS) is 15.9. The van der Waals surface area contributed by atoms with Gasteiger partial charge in [-0.3, -0.25) is 4.68 Å². The lowest BCUT2D eigenvalue weighted by molar-refractivity contribution is 0.143. The van der Waals surface area contributed by atoms with Crippen LogP contribution in [-0.2, 0) is 4.74 Å². The van der Waals surface area contributed by atoms with Crippen molar-refractivity contribution in [3.05, 3.63) is 24.5 Å². The summed E-state index contributed by atoms with van der Waals surface area (Å²) in [5.41, 5.74) is 1.02. The number of fused-ring (bicyclic) bond motifs is 1. The molecule has 3 aromatic heterocycles. The zero-order valence-corrected chi connectivity index (χ0v) is 23.3. The predicted octanol–water partition coefficient (Wildman–Crippen LogP) is 3.40. The highest BCUT2D eigenvalue weighted by molar-refractivity contribution is 5.81. The third-order valence-corrected chi connectivity index (χ3v) is 7.17. The first-order valence-corrected chi connectivity index (χ1v) is 14.1. The zero-order chi connectivity index (χ0) is 27.2. The molecule has 12 heteroatoms. The van der Waals surface area contributed by atoms with Gasteiger partial charge in [-0.2, -0.15) is 15.1 Å². The van der Waals surface area contributed by atoms with Crippen molar-refractivity contribution in [1.29, 1.82) is 0 Å². The molecule has 0 aliphatic carbocycles. The molecule has 0 saturated carbocycles. The number of piperazine rings is 1. The van der Waals surface area contributed by atoms with Gasteiger partial charge in [-0.1, -0.05) is 0 Å². The van der Waals surface area contributed by atoms with Crippen molar-refractivity contribution in [1.82, 2.24) is 34.9 Å². The third-order valence-electron chi connectivity index (χ3n) is 7.17. The van der Waals surface area contributed by atoms with Gasteiger partial charge in [-0.05, 0) is 40.0 Å². The summed E-state index contributed by atoms with van der Waals surface area (Å²) in [6, 6.07) is 4.30. The molecule has 5 rings (SSSR count). The van der Waals surface area contributed by atoms with E-state index >= 15 is 0 Å². The molecule has 3 aromatic rings. The van der Waals surface area contributed by atoms with E-state index in [1.807, 2.05) is 35.0 Å². The molecule has 2 aliphatic heterocycles. The average molecular weight is 537 g/mol. The molecule has 0 unspecified atom stereocenters. The highest BCUT2D eigenvalue weighted by Gasteiger charge is 2.24. The molecule has 2 saturated heterocycles. The first-order valence-electron chi connectivity index (χ1n) is 14.1. The van der Waals surface area contributed by atoms with Crippen LogP contribution in [-0.4, -0.2) is 94.7 Å². The molecular weight excluding hydrogens is 496 g/mol. The molecule has 0 bridgehead atoms. The smallest absolute Gasteiger partial charge is 0.317 e. The Labute approximate surface area is 229 Å². The number of urea groups is 1. The number of amides is 2. The SMILES string of the molecule is CCOCCCNC(=O)N1CCN(c2cc(N3CCCC3)nc(Nc3cc4c(cn3)cnn4C(C)C)n2)CC1. The molecule has 2 aliphatic rings. The maximum Gasteiger partial charge on any atom is 0.317 e. The van der Waals surface area contributed by atoms with E-state index in [0.717, 1.165) is 54.9 Å². The molecule has 2 fully saturated rings. The summed E-state index contributed by atoms with van der Waals surface area (Å²) in [5.74, 6) is 2.98. The van der Waals surface area contributed by atoms with Gasteiger partial charge in [0.2, 0.25) is 5.95 Å². The molecule has 2 N–H and O–H groups in total. The lowest BCUT2D eigenvalue weighted by atomic mass is 10.3. The van der Waals surface area contributed by atoms with E-state index < -0.39 is 0 Å². The number of aromatic nitrogens is 5. The summed E-state index contributed by atoms with van der Waals surface area (Å²) in [4.78, 5) is 33.3. The highest BCUT2D eigenvalue weighted by atomic mass is 16.5. The number of hydrogen-bond acceptors (Lipinski definition) is 9. The van der Waals surface area contributed by atoms with Crippen molar-refractivity contribution in [2.45, 2.75) is 46.1 Å². The summed E-state index contributed by atoms with van der Waals surface area (Å²) in [6.07, 6.45) is 6.82. The maximum absolute atomic E-state index is 12.6. The lowest BCUT2D eigenvalue weighted by Gasteiger charge is -2.35. The second kappa shape index (κ2) is 12.5. The fraction of sp³-hybridized carbons (Fsp3) is 0.593. The van der Waals surface area contributed by atoms with Crippen LogP contribution >= 0.6 is 0 Å². The Morgan fingerprint density at radius 1 is 1.00 bits per heavy atom. The zero-order valence-electron chi connectivity index (χ0n) is 23.3. The minimum Gasteiger partial charge on any atom is -0.382 e. The number of rotatable bonds is 10. The number of anilines is 4. The monoisotopic (exact) mass is 536 g/mol. The molecule has 0 radical (unpaired) electrons. The number of hydrogen-bond donors (Lipinski definition) is 2. The van der Waals surface area contributed by atoms with Gasteiger partial charge in [-0.15, -0.1) is 0 Å². The van der Waals surface area contributed by atoms with Crippen LogP contribution in [0.3, 0.4) is 0 Å². The highest BCUT2D eigenvalue weighted by Crippen LogP contribution is 2.27. The van der Waals surface area contributed by atoms with Crippen LogP contribution in [0.1, 0.15) is 46.1 Å². The number of carbonyl (C=O) groups is 1. The summed E-state index contributed by atoms with van der Waals surface area (Å²) in [6.45, 7) is 12.9. The summed E-state index contributed by atoms with van der Waals surface area (Å²) < 4.78 is 7.34. The van der Waals surface area contributed by atoms with Gasteiger partial charge in [0.1, 0.15) is 17.5 Å². The van der Waals surface area contributed by atoms with Gasteiger partial charge in [0.25, 0.3) is 0 Å². The Kier molecular flexibility index (Phi) is 8.60. The van der Waals surface area contributed by atoms with E-state index in [2.05, 4.69) is 50.4 Å². The van der Waals surface area contributed by atoms with E-state index in [4.69, 9.17) is 14.7 Å². The summed E-state index contributed by atoms with van der Waals surface area (Å²) in [5, 5.41) is 11.8. The van der Waals surface area contributed by atoms with Crippen LogP contribution in [0.25, 0.3) is 10.9 Å². The third kappa shape index (κ3) is 6.49. The van der Waals surface area contributed by atoms with Crippen molar-refractivity contribution >= 4 is 40.3 Å². The molecule has 0 spiro atoms. The number of ether oxygens (including phenoxy) is 1. The quantitative estimate of drug-likeness (QED) is 0.376. The van der Waals surface area contributed by atoms with Crippen molar-refractivity contribution in [3.63, 3.8) is 0 Å². The molecule has 12 nitrogen and oxygen atoms in total. The number of carbonyl (C=O) groups excluding carboxylic acids is 1. The molecule has 210 valence electrons. The van der Waals surface area contributed by atoms with Crippen LogP contribution in [0.2, 0.25) is 0 Å². The second-order valence-corrected chi connectivity index (χ2v) is 10.3. The van der Waals surface area contributed by atoms with E-state index in [9.17, 15) is 4.79 Å². The summed E-state index contributed by atoms with van der Waals surface area (Å²) in [7, 11) is 0. The van der Waals surface area contributed by atoms with E-state index in [1.165, 1.54) is 0 Å². The Bertz CT molecular complexity index is 1250. The topological polar surface area (TPSA) is 117 Å². The van der Waals surface area contributed by atoms with Crippen LogP contribution in [0, 0.1) is 0 Å². The molecule has 0 aromatic carbocycles. The lowest BCUT2D eigenvalue weighted by Crippen LogP contribution is -2.52. The van der Waals surface area contributed by atoms with E-state index in [-0.39, 0.29) is 12.1 Å². The first-order chi connectivity index (χ1) is 19.0. The molecule has 2 amide bonds. The van der Waals surface area contributed by atoms with Crippen molar-refractivity contribution < 1.29 is 9.53 Å². The van der Waals surface area contributed by atoms with Gasteiger partial charge in [0, 0.05) is 88.8 Å². The Balaban J connectivity index is 1.29. The number of nitrogens with zero attached hydrogens (tertiary/aromatic N) is 8. The van der Waals surface area contributed by atoms with Gasteiger partial charge in [-0.25, -0.2) is 9.78 Å². The van der Waals surface area contributed by atoms with Crippen molar-refractivity contribution in [2.75, 3.05) is 74.1 Å². The minimum absolute atomic E-state index is 0.0175. The number of nitrogens with one attached hydrogen (secondary N) is 2. The van der Waals surface area contributed by atoms with Gasteiger partial charge < -0.3 is 30.1 Å². The largest absolute Gasteiger partial charge is 0.382 e. The van der Waals surface area contributed by atoms with Crippen LogP contribution < -0.4 is 20.4 Å². The van der Waals surface area contributed by atoms with Crippen molar-refractivity contribution in [3.8, 4) is 0 Å². The predicted molar refractivity (Wildman–Crippen MR) is 153 cm³/mol. The molecule has 0 atom stereocenters. The Hall–Kier alpha value is -3.67.